The van der Waals surface area contributed by atoms with E-state index in [9.17, 15) is 30.8 Å². The number of thioether (sulfide) groups is 1. The van der Waals surface area contributed by atoms with Gasteiger partial charge in [-0.25, -0.2) is 12.8 Å². The number of carbonyl (C=O) groups excluding carboxylic acids is 1. The number of amides is 1. The number of hydrogen-bond acceptors (Lipinski definition) is 4. The van der Waals surface area contributed by atoms with Gasteiger partial charge in [-0.05, 0) is 55.5 Å². The number of sulfonamides is 1. The van der Waals surface area contributed by atoms with Crippen LogP contribution in [-0.4, -0.2) is 32.7 Å². The number of rotatable bonds is 9. The van der Waals surface area contributed by atoms with Gasteiger partial charge in [0.1, 0.15) is 5.82 Å². The zero-order valence-corrected chi connectivity index (χ0v) is 17.5. The summed E-state index contributed by atoms with van der Waals surface area (Å²) in [5, 5.41) is 2.54. The molecule has 0 spiro atoms. The first-order chi connectivity index (χ1) is 14.0. The summed E-state index contributed by atoms with van der Waals surface area (Å²) in [4.78, 5) is 12.0. The van der Waals surface area contributed by atoms with Crippen molar-refractivity contribution < 1.29 is 30.8 Å². The molecule has 1 atom stereocenters. The van der Waals surface area contributed by atoms with Gasteiger partial charge in [0, 0.05) is 11.4 Å². The molecule has 0 aliphatic rings. The van der Waals surface area contributed by atoms with E-state index in [4.69, 9.17) is 0 Å². The van der Waals surface area contributed by atoms with E-state index in [0.717, 1.165) is 17.0 Å². The predicted molar refractivity (Wildman–Crippen MR) is 106 cm³/mol. The second-order valence-corrected chi connectivity index (χ2v) is 9.13. The minimum atomic E-state index is -4.85. The molecule has 1 unspecified atom stereocenters. The summed E-state index contributed by atoms with van der Waals surface area (Å²) in [5.41, 5.74) is -1.30. The maximum Gasteiger partial charge on any atom is 0.417 e. The molecule has 0 saturated heterocycles. The molecule has 0 heterocycles. The van der Waals surface area contributed by atoms with Crippen LogP contribution in [0.25, 0.3) is 0 Å². The van der Waals surface area contributed by atoms with Crippen LogP contribution in [0.4, 0.5) is 17.6 Å². The molecule has 164 valence electrons. The minimum absolute atomic E-state index is 0.248. The lowest BCUT2D eigenvalue weighted by Gasteiger charge is -2.17. The highest BCUT2D eigenvalue weighted by Crippen LogP contribution is 2.33. The average Bonchev–Trinajstić information content (AvgIpc) is 2.68. The average molecular weight is 465 g/mol. The fourth-order valence-electron chi connectivity index (χ4n) is 2.44. The highest BCUT2D eigenvalue weighted by Gasteiger charge is 2.37. The summed E-state index contributed by atoms with van der Waals surface area (Å²) in [5.74, 6) is -0.360. The molecule has 2 N–H and O–H groups in total. The van der Waals surface area contributed by atoms with Gasteiger partial charge in [-0.1, -0.05) is 12.1 Å². The Morgan fingerprint density at radius 2 is 1.73 bits per heavy atom. The number of benzene rings is 2. The number of nitrogens with one attached hydrogen (secondary N) is 2. The molecular formula is C19H20F4N2O3S2. The van der Waals surface area contributed by atoms with E-state index in [-0.39, 0.29) is 12.4 Å². The van der Waals surface area contributed by atoms with Gasteiger partial charge in [0.05, 0.1) is 16.5 Å². The molecule has 0 fully saturated rings. The fourth-order valence-corrected chi connectivity index (χ4v) is 4.73. The molecule has 0 saturated carbocycles. The van der Waals surface area contributed by atoms with E-state index in [1.807, 2.05) is 4.72 Å². The Hall–Kier alpha value is -2.11. The summed E-state index contributed by atoms with van der Waals surface area (Å²) < 4.78 is 78.7. The lowest BCUT2D eigenvalue weighted by atomic mass is 10.2. The van der Waals surface area contributed by atoms with Gasteiger partial charge >= 0.3 is 6.18 Å². The highest BCUT2D eigenvalue weighted by atomic mass is 32.2. The third kappa shape index (κ3) is 6.99. The van der Waals surface area contributed by atoms with Crippen LogP contribution in [0.2, 0.25) is 0 Å². The summed E-state index contributed by atoms with van der Waals surface area (Å²) >= 11 is 1.46. The van der Waals surface area contributed by atoms with Crippen LogP contribution in [0.15, 0.2) is 58.3 Å². The van der Waals surface area contributed by atoms with Crippen LogP contribution in [0.1, 0.15) is 18.9 Å². The molecule has 1 amide bonds. The van der Waals surface area contributed by atoms with Crippen molar-refractivity contribution in [3.05, 3.63) is 59.9 Å². The van der Waals surface area contributed by atoms with Crippen molar-refractivity contribution in [2.24, 2.45) is 0 Å². The fraction of sp³-hybridized carbons (Fsp3) is 0.316. The van der Waals surface area contributed by atoms with Gasteiger partial charge in [-0.2, -0.15) is 17.9 Å². The van der Waals surface area contributed by atoms with E-state index in [2.05, 4.69) is 5.32 Å². The largest absolute Gasteiger partial charge is 0.417 e. The van der Waals surface area contributed by atoms with Crippen molar-refractivity contribution >= 4 is 27.7 Å². The quantitative estimate of drug-likeness (QED) is 0.336. The molecule has 11 heteroatoms. The van der Waals surface area contributed by atoms with Crippen molar-refractivity contribution in [2.45, 2.75) is 35.4 Å². The van der Waals surface area contributed by atoms with E-state index in [1.165, 1.54) is 36.9 Å². The molecule has 0 aromatic heterocycles. The van der Waals surface area contributed by atoms with Crippen molar-refractivity contribution in [1.82, 2.24) is 10.0 Å². The molecule has 5 nitrogen and oxygen atoms in total. The third-order valence-electron chi connectivity index (χ3n) is 3.91. The first-order valence-electron chi connectivity index (χ1n) is 8.85. The summed E-state index contributed by atoms with van der Waals surface area (Å²) in [6, 6.07) is 8.45. The van der Waals surface area contributed by atoms with E-state index in [0.29, 0.717) is 18.2 Å². The molecule has 0 aliphatic heterocycles. The van der Waals surface area contributed by atoms with Crippen LogP contribution in [0.3, 0.4) is 0 Å². The SMILES string of the molecule is CC(NS(=O)(=O)c1ccccc1C(F)(F)F)C(=O)NCCCSc1ccc(F)cc1. The van der Waals surface area contributed by atoms with Gasteiger partial charge < -0.3 is 5.32 Å². The highest BCUT2D eigenvalue weighted by molar-refractivity contribution is 7.99. The molecule has 0 radical (unpaired) electrons. The Balaban J connectivity index is 1.85. The Morgan fingerprint density at radius 3 is 2.37 bits per heavy atom. The lowest BCUT2D eigenvalue weighted by Crippen LogP contribution is -2.45. The molecule has 30 heavy (non-hydrogen) atoms. The number of carbonyl (C=O) groups is 1. The molecule has 2 aromatic rings. The van der Waals surface area contributed by atoms with E-state index < -0.39 is 38.6 Å². The van der Waals surface area contributed by atoms with Crippen LogP contribution in [0.5, 0.6) is 0 Å². The maximum absolute atomic E-state index is 13.1. The maximum atomic E-state index is 13.1. The summed E-state index contributed by atoms with van der Waals surface area (Å²) in [6.45, 7) is 1.49. The van der Waals surface area contributed by atoms with E-state index in [1.54, 1.807) is 12.1 Å². The Morgan fingerprint density at radius 1 is 1.10 bits per heavy atom. The van der Waals surface area contributed by atoms with Crippen molar-refractivity contribution in [2.75, 3.05) is 12.3 Å². The van der Waals surface area contributed by atoms with Crippen LogP contribution in [0, 0.1) is 5.82 Å². The van der Waals surface area contributed by atoms with Gasteiger partial charge in [0.2, 0.25) is 15.9 Å². The third-order valence-corrected chi connectivity index (χ3v) is 6.61. The van der Waals surface area contributed by atoms with Gasteiger partial charge in [-0.3, -0.25) is 4.79 Å². The van der Waals surface area contributed by atoms with E-state index >= 15 is 0 Å². The standard InChI is InChI=1S/C19H20F4N2O3S2/c1-13(18(26)24-11-4-12-29-15-9-7-14(20)8-10-15)25-30(27,28)17-6-3-2-5-16(17)19(21,22)23/h2-3,5-10,13,25H,4,11-12H2,1H3,(H,24,26). The van der Waals surface area contributed by atoms with Gasteiger partial charge in [-0.15, -0.1) is 11.8 Å². The lowest BCUT2D eigenvalue weighted by molar-refractivity contribution is -0.139. The Labute approximate surface area is 176 Å². The minimum Gasteiger partial charge on any atom is -0.355 e. The second-order valence-electron chi connectivity index (χ2n) is 6.28. The zero-order valence-electron chi connectivity index (χ0n) is 15.9. The Kier molecular flexibility index (Phi) is 8.27. The van der Waals surface area contributed by atoms with Crippen LogP contribution >= 0.6 is 11.8 Å². The molecule has 2 aromatic carbocycles. The topological polar surface area (TPSA) is 75.3 Å². The predicted octanol–water partition coefficient (Wildman–Crippen LogP) is 3.81. The molecule has 0 aliphatic carbocycles. The molecule has 2 rings (SSSR count). The van der Waals surface area contributed by atoms with Gasteiger partial charge in [0.25, 0.3) is 0 Å². The smallest absolute Gasteiger partial charge is 0.355 e. The normalized spacial score (nSPS) is 13.1. The van der Waals surface area contributed by atoms with Crippen LogP contribution < -0.4 is 10.0 Å². The van der Waals surface area contributed by atoms with Gasteiger partial charge in [0.15, 0.2) is 0 Å². The summed E-state index contributed by atoms with van der Waals surface area (Å²) in [6.07, 6.45) is -4.29. The second kappa shape index (κ2) is 10.3. The number of hydrogen-bond donors (Lipinski definition) is 2. The zero-order chi connectivity index (χ0) is 22.4. The Bertz CT molecular complexity index is 964. The first-order valence-corrected chi connectivity index (χ1v) is 11.3. The van der Waals surface area contributed by atoms with Crippen molar-refractivity contribution in [1.29, 1.82) is 0 Å². The van der Waals surface area contributed by atoms with Crippen molar-refractivity contribution in [3.63, 3.8) is 0 Å². The molecular weight excluding hydrogens is 444 g/mol. The van der Waals surface area contributed by atoms with Crippen molar-refractivity contribution in [3.8, 4) is 0 Å². The first kappa shape index (κ1) is 24.2. The number of alkyl halides is 3. The number of halogens is 4. The monoisotopic (exact) mass is 464 g/mol. The molecule has 0 bridgehead atoms. The van der Waals surface area contributed by atoms with Crippen LogP contribution in [-0.2, 0) is 21.0 Å². The summed E-state index contributed by atoms with van der Waals surface area (Å²) in [7, 11) is -4.56.